The number of rotatable bonds is 7. The molecule has 0 amide bonds. The third kappa shape index (κ3) is 4.60. The second-order valence-corrected chi connectivity index (χ2v) is 4.85. The van der Waals surface area contributed by atoms with Crippen molar-refractivity contribution in [3.05, 3.63) is 72.8 Å². The van der Waals surface area contributed by atoms with Gasteiger partial charge in [0, 0.05) is 6.08 Å². The van der Waals surface area contributed by atoms with Crippen molar-refractivity contribution < 1.29 is 9.53 Å². The highest BCUT2D eigenvalue weighted by Gasteiger charge is 2.04. The molecule has 0 saturated carbocycles. The van der Waals surface area contributed by atoms with Crippen molar-refractivity contribution in [2.45, 2.75) is 19.3 Å². The molecule has 0 bridgehead atoms. The number of aryl methyl sites for hydroxylation is 1. The molecular weight excluding hydrogens is 260 g/mol. The van der Waals surface area contributed by atoms with Gasteiger partial charge in [0.1, 0.15) is 0 Å². The molecule has 0 radical (unpaired) electrons. The molecule has 2 nitrogen and oxygen atoms in total. The molecule has 0 unspecified atom stereocenters. The molecule has 0 aliphatic carbocycles. The molecular formula is C19H20O2. The lowest BCUT2D eigenvalue weighted by molar-refractivity contribution is -0.137. The summed E-state index contributed by atoms with van der Waals surface area (Å²) in [7, 11) is 0. The summed E-state index contributed by atoms with van der Waals surface area (Å²) in [5.74, 6) is -0.348. The summed E-state index contributed by atoms with van der Waals surface area (Å²) in [6, 6.07) is 18.9. The van der Waals surface area contributed by atoms with Crippen LogP contribution >= 0.6 is 0 Å². The first kappa shape index (κ1) is 15.0. The predicted molar refractivity (Wildman–Crippen MR) is 86.0 cm³/mol. The van der Waals surface area contributed by atoms with E-state index in [1.165, 1.54) is 22.8 Å². The second-order valence-electron chi connectivity index (χ2n) is 4.85. The monoisotopic (exact) mass is 280 g/mol. The van der Waals surface area contributed by atoms with Gasteiger partial charge in [-0.1, -0.05) is 61.2 Å². The van der Waals surface area contributed by atoms with Crippen LogP contribution in [0, 0.1) is 0 Å². The van der Waals surface area contributed by atoms with Gasteiger partial charge in [0.05, 0.1) is 6.61 Å². The summed E-state index contributed by atoms with van der Waals surface area (Å²) in [6.07, 6.45) is 4.04. The number of carbonyl (C=O) groups excluding carboxylic acids is 1. The molecule has 0 N–H and O–H groups in total. The number of benzene rings is 2. The van der Waals surface area contributed by atoms with Crippen molar-refractivity contribution in [1.82, 2.24) is 0 Å². The summed E-state index contributed by atoms with van der Waals surface area (Å²) in [5.41, 5.74) is 3.85. The fourth-order valence-corrected chi connectivity index (χ4v) is 2.29. The van der Waals surface area contributed by atoms with E-state index in [1.807, 2.05) is 6.07 Å². The normalized spacial score (nSPS) is 10.1. The first-order chi connectivity index (χ1) is 10.3. The lowest BCUT2D eigenvalue weighted by atomic mass is 9.96. The molecule has 0 saturated heterocycles. The molecule has 2 aromatic carbocycles. The van der Waals surface area contributed by atoms with Crippen LogP contribution in [0.5, 0.6) is 0 Å². The third-order valence-electron chi connectivity index (χ3n) is 3.35. The van der Waals surface area contributed by atoms with E-state index < -0.39 is 0 Å². The highest BCUT2D eigenvalue weighted by Crippen LogP contribution is 2.24. The zero-order valence-corrected chi connectivity index (χ0v) is 12.1. The largest absolute Gasteiger partial charge is 0.463 e. The van der Waals surface area contributed by atoms with E-state index in [0.29, 0.717) is 6.61 Å². The summed E-state index contributed by atoms with van der Waals surface area (Å²) in [4.78, 5) is 10.9. The summed E-state index contributed by atoms with van der Waals surface area (Å²) < 4.78 is 4.99. The molecule has 0 fully saturated rings. The molecule has 2 heteroatoms. The van der Waals surface area contributed by atoms with E-state index in [0.717, 1.165) is 19.3 Å². The average Bonchev–Trinajstić information content (AvgIpc) is 2.55. The average molecular weight is 280 g/mol. The van der Waals surface area contributed by atoms with Crippen molar-refractivity contribution in [2.24, 2.45) is 0 Å². The van der Waals surface area contributed by atoms with Gasteiger partial charge < -0.3 is 4.74 Å². The van der Waals surface area contributed by atoms with E-state index >= 15 is 0 Å². The van der Waals surface area contributed by atoms with E-state index in [2.05, 4.69) is 55.1 Å². The molecule has 0 atom stereocenters. The van der Waals surface area contributed by atoms with Crippen molar-refractivity contribution in [1.29, 1.82) is 0 Å². The lowest BCUT2D eigenvalue weighted by Crippen LogP contribution is -2.02. The Morgan fingerprint density at radius 2 is 1.71 bits per heavy atom. The van der Waals surface area contributed by atoms with Crippen LogP contribution in [0.3, 0.4) is 0 Å². The molecule has 0 aliphatic rings. The van der Waals surface area contributed by atoms with Crippen molar-refractivity contribution in [3.8, 4) is 11.1 Å². The SMILES string of the molecule is C=CC(=O)OCCCCc1ccccc1-c1ccccc1. The summed E-state index contributed by atoms with van der Waals surface area (Å²) in [5, 5.41) is 0. The van der Waals surface area contributed by atoms with Gasteiger partial charge in [-0.2, -0.15) is 0 Å². The minimum absolute atomic E-state index is 0.348. The van der Waals surface area contributed by atoms with Gasteiger partial charge in [-0.3, -0.25) is 0 Å². The fraction of sp³-hybridized carbons (Fsp3) is 0.211. The first-order valence-corrected chi connectivity index (χ1v) is 7.24. The van der Waals surface area contributed by atoms with Crippen molar-refractivity contribution in [3.63, 3.8) is 0 Å². The van der Waals surface area contributed by atoms with E-state index in [4.69, 9.17) is 4.74 Å². The van der Waals surface area contributed by atoms with E-state index in [1.54, 1.807) is 0 Å². The standard InChI is InChI=1S/C19H20O2/c1-2-19(20)21-15-9-8-13-17-12-6-7-14-18(17)16-10-4-3-5-11-16/h2-7,10-12,14H,1,8-9,13,15H2. The Hall–Kier alpha value is -2.35. The lowest BCUT2D eigenvalue weighted by Gasteiger charge is -2.09. The van der Waals surface area contributed by atoms with Gasteiger partial charge in [-0.15, -0.1) is 0 Å². The zero-order chi connectivity index (χ0) is 14.9. The molecule has 2 aromatic rings. The Kier molecular flexibility index (Phi) is 5.77. The highest BCUT2D eigenvalue weighted by atomic mass is 16.5. The minimum atomic E-state index is -0.348. The first-order valence-electron chi connectivity index (χ1n) is 7.24. The maximum atomic E-state index is 10.9. The summed E-state index contributed by atoms with van der Waals surface area (Å²) >= 11 is 0. The van der Waals surface area contributed by atoms with Gasteiger partial charge >= 0.3 is 5.97 Å². The number of ether oxygens (including phenoxy) is 1. The number of unbranched alkanes of at least 4 members (excludes halogenated alkanes) is 1. The molecule has 0 heterocycles. The smallest absolute Gasteiger partial charge is 0.330 e. The Morgan fingerprint density at radius 1 is 1.00 bits per heavy atom. The number of hydrogen-bond donors (Lipinski definition) is 0. The van der Waals surface area contributed by atoms with Gasteiger partial charge in [0.2, 0.25) is 0 Å². The summed E-state index contributed by atoms with van der Waals surface area (Å²) in [6.45, 7) is 3.83. The van der Waals surface area contributed by atoms with Crippen molar-refractivity contribution >= 4 is 5.97 Å². The maximum absolute atomic E-state index is 10.9. The Labute approximate surface area is 126 Å². The third-order valence-corrected chi connectivity index (χ3v) is 3.35. The Balaban J connectivity index is 1.92. The van der Waals surface area contributed by atoms with Gasteiger partial charge in [0.15, 0.2) is 0 Å². The van der Waals surface area contributed by atoms with Crippen LogP contribution in [0.1, 0.15) is 18.4 Å². The van der Waals surface area contributed by atoms with E-state index in [-0.39, 0.29) is 5.97 Å². The maximum Gasteiger partial charge on any atom is 0.330 e. The molecule has 0 aromatic heterocycles. The van der Waals surface area contributed by atoms with Crippen LogP contribution in [0.15, 0.2) is 67.3 Å². The predicted octanol–water partition coefficient (Wildman–Crippen LogP) is 4.41. The molecule has 2 rings (SSSR count). The van der Waals surface area contributed by atoms with Crippen LogP contribution in [-0.4, -0.2) is 12.6 Å². The quantitative estimate of drug-likeness (QED) is 0.427. The number of hydrogen-bond acceptors (Lipinski definition) is 2. The number of esters is 1. The minimum Gasteiger partial charge on any atom is -0.463 e. The van der Waals surface area contributed by atoms with Crippen LogP contribution in [0.4, 0.5) is 0 Å². The van der Waals surface area contributed by atoms with E-state index in [9.17, 15) is 4.79 Å². The second kappa shape index (κ2) is 8.05. The topological polar surface area (TPSA) is 26.3 Å². The molecule has 0 aliphatic heterocycles. The number of carbonyl (C=O) groups is 1. The highest BCUT2D eigenvalue weighted by molar-refractivity contribution is 5.81. The Morgan fingerprint density at radius 3 is 2.48 bits per heavy atom. The van der Waals surface area contributed by atoms with Gasteiger partial charge in [-0.05, 0) is 36.0 Å². The molecule has 0 spiro atoms. The van der Waals surface area contributed by atoms with Crippen LogP contribution < -0.4 is 0 Å². The van der Waals surface area contributed by atoms with Gasteiger partial charge in [-0.25, -0.2) is 4.79 Å². The van der Waals surface area contributed by atoms with Crippen molar-refractivity contribution in [2.75, 3.05) is 6.61 Å². The van der Waals surface area contributed by atoms with Crippen LogP contribution in [0.25, 0.3) is 11.1 Å². The fourth-order valence-electron chi connectivity index (χ4n) is 2.29. The molecule has 108 valence electrons. The molecule has 21 heavy (non-hydrogen) atoms. The van der Waals surface area contributed by atoms with Gasteiger partial charge in [0.25, 0.3) is 0 Å². The zero-order valence-electron chi connectivity index (χ0n) is 12.1. The van der Waals surface area contributed by atoms with Crippen LogP contribution in [0.2, 0.25) is 0 Å². The Bertz CT molecular complexity index is 588. The van der Waals surface area contributed by atoms with Crippen LogP contribution in [-0.2, 0) is 16.0 Å².